The maximum atomic E-state index is 12.0. The monoisotopic (exact) mass is 258 g/mol. The number of carbonyl (C=O) groups is 2. The van der Waals surface area contributed by atoms with Crippen LogP contribution in [-0.4, -0.2) is 54.2 Å². The Morgan fingerprint density at radius 3 is 2.83 bits per heavy atom. The number of nitrogens with two attached hydrogens (primary N) is 1. The number of carboxylic acids is 1. The van der Waals surface area contributed by atoms with Crippen molar-refractivity contribution in [1.29, 1.82) is 0 Å². The molecule has 1 heterocycles. The van der Waals surface area contributed by atoms with Gasteiger partial charge in [-0.15, -0.1) is 0 Å². The summed E-state index contributed by atoms with van der Waals surface area (Å²) in [5.74, 6) is -1.33. The van der Waals surface area contributed by atoms with Gasteiger partial charge < -0.3 is 20.5 Å². The Labute approximate surface area is 107 Å². The summed E-state index contributed by atoms with van der Waals surface area (Å²) in [7, 11) is 0. The van der Waals surface area contributed by atoms with Gasteiger partial charge in [0.15, 0.2) is 0 Å². The molecule has 6 heteroatoms. The quantitative estimate of drug-likeness (QED) is 0.703. The second-order valence-electron chi connectivity index (χ2n) is 4.53. The number of carbonyl (C=O) groups excluding carboxylic acids is 1. The van der Waals surface area contributed by atoms with Crippen LogP contribution in [0.5, 0.6) is 0 Å². The van der Waals surface area contributed by atoms with Crippen molar-refractivity contribution in [2.75, 3.05) is 26.2 Å². The van der Waals surface area contributed by atoms with Crippen LogP contribution in [0.3, 0.4) is 0 Å². The number of hydrogen-bond donors (Lipinski definition) is 2. The Balaban J connectivity index is 2.47. The molecule has 1 fully saturated rings. The number of likely N-dealkylation sites (tertiary alicyclic amines) is 1. The molecule has 1 aliphatic heterocycles. The van der Waals surface area contributed by atoms with Gasteiger partial charge in [-0.05, 0) is 19.8 Å². The van der Waals surface area contributed by atoms with Gasteiger partial charge in [-0.3, -0.25) is 9.59 Å². The highest BCUT2D eigenvalue weighted by Gasteiger charge is 2.28. The Morgan fingerprint density at radius 1 is 1.56 bits per heavy atom. The standard InChI is InChI=1S/C12H22N2O4/c1-2-18-10(7-13)6-11(15)14-5-3-4-9(8-14)12(16)17/h9-10H,2-8,13H2,1H3,(H,16,17)/t9-,10?/m1/s1. The van der Waals surface area contributed by atoms with E-state index in [0.717, 1.165) is 6.42 Å². The molecule has 1 amide bonds. The van der Waals surface area contributed by atoms with Crippen LogP contribution in [0.25, 0.3) is 0 Å². The van der Waals surface area contributed by atoms with E-state index in [-0.39, 0.29) is 18.4 Å². The van der Waals surface area contributed by atoms with E-state index in [1.165, 1.54) is 0 Å². The molecule has 1 unspecified atom stereocenters. The highest BCUT2D eigenvalue weighted by atomic mass is 16.5. The molecule has 0 saturated carbocycles. The molecular weight excluding hydrogens is 236 g/mol. The van der Waals surface area contributed by atoms with E-state index in [1.54, 1.807) is 4.90 Å². The van der Waals surface area contributed by atoms with Crippen molar-refractivity contribution in [3.8, 4) is 0 Å². The van der Waals surface area contributed by atoms with Crippen LogP contribution >= 0.6 is 0 Å². The summed E-state index contributed by atoms with van der Waals surface area (Å²) in [5, 5.41) is 8.97. The Hall–Kier alpha value is -1.14. The fourth-order valence-corrected chi connectivity index (χ4v) is 2.18. The Bertz CT molecular complexity index is 296. The number of hydrogen-bond acceptors (Lipinski definition) is 4. The highest BCUT2D eigenvalue weighted by Crippen LogP contribution is 2.17. The molecule has 0 spiro atoms. The zero-order chi connectivity index (χ0) is 13.5. The predicted molar refractivity (Wildman–Crippen MR) is 66.0 cm³/mol. The topological polar surface area (TPSA) is 92.9 Å². The molecule has 18 heavy (non-hydrogen) atoms. The van der Waals surface area contributed by atoms with Gasteiger partial charge in [0, 0.05) is 26.2 Å². The number of piperidine rings is 1. The van der Waals surface area contributed by atoms with Gasteiger partial charge >= 0.3 is 5.97 Å². The SMILES string of the molecule is CCOC(CN)CC(=O)N1CCC[C@@H](C(=O)O)C1. The fraction of sp³-hybridized carbons (Fsp3) is 0.833. The minimum Gasteiger partial charge on any atom is -0.481 e. The van der Waals surface area contributed by atoms with Crippen LogP contribution in [0.1, 0.15) is 26.2 Å². The molecule has 3 N–H and O–H groups in total. The number of rotatable bonds is 6. The van der Waals surface area contributed by atoms with Crippen molar-refractivity contribution in [3.63, 3.8) is 0 Å². The summed E-state index contributed by atoms with van der Waals surface area (Å²) in [4.78, 5) is 24.5. The molecule has 1 rings (SSSR count). The first-order valence-electron chi connectivity index (χ1n) is 6.40. The lowest BCUT2D eigenvalue weighted by atomic mass is 9.98. The summed E-state index contributed by atoms with van der Waals surface area (Å²) in [6.07, 6.45) is 1.35. The molecule has 0 aliphatic carbocycles. The normalized spacial score (nSPS) is 21.7. The van der Waals surface area contributed by atoms with Crippen LogP contribution in [0.15, 0.2) is 0 Å². The third-order valence-corrected chi connectivity index (χ3v) is 3.19. The van der Waals surface area contributed by atoms with Gasteiger partial charge in [-0.1, -0.05) is 0 Å². The fourth-order valence-electron chi connectivity index (χ4n) is 2.18. The predicted octanol–water partition coefficient (Wildman–Crippen LogP) is 0.0635. The van der Waals surface area contributed by atoms with Gasteiger partial charge in [0.1, 0.15) is 0 Å². The van der Waals surface area contributed by atoms with Crippen LogP contribution in [0, 0.1) is 5.92 Å². The Morgan fingerprint density at radius 2 is 2.28 bits per heavy atom. The van der Waals surface area contributed by atoms with E-state index in [9.17, 15) is 9.59 Å². The van der Waals surface area contributed by atoms with E-state index < -0.39 is 11.9 Å². The lowest BCUT2D eigenvalue weighted by molar-refractivity contribution is -0.146. The second kappa shape index (κ2) is 7.33. The number of nitrogens with zero attached hydrogens (tertiary/aromatic N) is 1. The van der Waals surface area contributed by atoms with Crippen molar-refractivity contribution >= 4 is 11.9 Å². The number of ether oxygens (including phenoxy) is 1. The summed E-state index contributed by atoms with van der Waals surface area (Å²) in [6, 6.07) is 0. The number of amides is 1. The van der Waals surface area contributed by atoms with Gasteiger partial charge in [-0.2, -0.15) is 0 Å². The molecule has 0 radical (unpaired) electrons. The Kier molecular flexibility index (Phi) is 6.07. The van der Waals surface area contributed by atoms with Crippen LogP contribution in [0.2, 0.25) is 0 Å². The molecule has 0 aromatic heterocycles. The molecule has 0 aromatic rings. The first kappa shape index (κ1) is 14.9. The van der Waals surface area contributed by atoms with Crippen molar-refractivity contribution in [1.82, 2.24) is 4.90 Å². The van der Waals surface area contributed by atoms with E-state index in [2.05, 4.69) is 0 Å². The van der Waals surface area contributed by atoms with Crippen LogP contribution in [-0.2, 0) is 14.3 Å². The summed E-state index contributed by atoms with van der Waals surface area (Å²) >= 11 is 0. The number of carboxylic acid groups (broad SMARTS) is 1. The first-order chi connectivity index (χ1) is 8.58. The minimum absolute atomic E-state index is 0.0650. The van der Waals surface area contributed by atoms with Crippen molar-refractivity contribution < 1.29 is 19.4 Å². The molecule has 0 aromatic carbocycles. The smallest absolute Gasteiger partial charge is 0.308 e. The van der Waals surface area contributed by atoms with Crippen LogP contribution < -0.4 is 5.73 Å². The molecule has 1 aliphatic rings. The average Bonchev–Trinajstić information content (AvgIpc) is 2.38. The highest BCUT2D eigenvalue weighted by molar-refractivity contribution is 5.78. The second-order valence-corrected chi connectivity index (χ2v) is 4.53. The minimum atomic E-state index is -0.826. The number of aliphatic carboxylic acids is 1. The molecule has 2 atom stereocenters. The van der Waals surface area contributed by atoms with Gasteiger partial charge in [0.05, 0.1) is 18.4 Å². The van der Waals surface area contributed by atoms with E-state index in [0.29, 0.717) is 32.7 Å². The summed E-state index contributed by atoms with van der Waals surface area (Å²) < 4.78 is 5.34. The molecular formula is C12H22N2O4. The first-order valence-corrected chi connectivity index (χ1v) is 6.40. The maximum Gasteiger partial charge on any atom is 0.308 e. The van der Waals surface area contributed by atoms with Crippen molar-refractivity contribution in [2.45, 2.75) is 32.3 Å². The zero-order valence-electron chi connectivity index (χ0n) is 10.8. The third-order valence-electron chi connectivity index (χ3n) is 3.19. The van der Waals surface area contributed by atoms with Crippen molar-refractivity contribution in [3.05, 3.63) is 0 Å². The maximum absolute atomic E-state index is 12.0. The molecule has 6 nitrogen and oxygen atoms in total. The average molecular weight is 258 g/mol. The molecule has 0 bridgehead atoms. The van der Waals surface area contributed by atoms with Crippen molar-refractivity contribution in [2.24, 2.45) is 11.7 Å². The molecule has 104 valence electrons. The zero-order valence-corrected chi connectivity index (χ0v) is 10.8. The third kappa shape index (κ3) is 4.27. The lowest BCUT2D eigenvalue weighted by Gasteiger charge is -2.31. The summed E-state index contributed by atoms with van der Waals surface area (Å²) in [6.45, 7) is 3.61. The molecule has 1 saturated heterocycles. The van der Waals surface area contributed by atoms with Crippen LogP contribution in [0.4, 0.5) is 0 Å². The van der Waals surface area contributed by atoms with E-state index >= 15 is 0 Å². The van der Waals surface area contributed by atoms with Gasteiger partial charge in [0.2, 0.25) is 5.91 Å². The van der Waals surface area contributed by atoms with Gasteiger partial charge in [0.25, 0.3) is 0 Å². The largest absolute Gasteiger partial charge is 0.481 e. The lowest BCUT2D eigenvalue weighted by Crippen LogP contribution is -2.44. The van der Waals surface area contributed by atoms with E-state index in [1.807, 2.05) is 6.92 Å². The van der Waals surface area contributed by atoms with Gasteiger partial charge in [-0.25, -0.2) is 0 Å². The van der Waals surface area contributed by atoms with E-state index in [4.69, 9.17) is 15.6 Å². The summed E-state index contributed by atoms with van der Waals surface area (Å²) in [5.41, 5.74) is 5.52.